The molecule has 0 aliphatic carbocycles. The molecule has 0 bridgehead atoms. The molecule has 4 nitrogen and oxygen atoms in total. The molecule has 2 rings (SSSR count). The molecule has 0 aliphatic rings. The van der Waals surface area contributed by atoms with E-state index in [0.717, 1.165) is 12.0 Å². The van der Waals surface area contributed by atoms with Crippen molar-refractivity contribution in [3.8, 4) is 0 Å². The summed E-state index contributed by atoms with van der Waals surface area (Å²) in [5.41, 5.74) is 7.60. The largest absolute Gasteiger partial charge is 0.330 e. The van der Waals surface area contributed by atoms with Crippen molar-refractivity contribution >= 4 is 17.4 Å². The fourth-order valence-electron chi connectivity index (χ4n) is 1.79. The summed E-state index contributed by atoms with van der Waals surface area (Å²) >= 11 is 5.95. The fourth-order valence-corrected chi connectivity index (χ4v) is 2.04. The van der Waals surface area contributed by atoms with E-state index in [1.165, 1.54) is 10.9 Å². The molecule has 0 atom stereocenters. The van der Waals surface area contributed by atoms with Crippen molar-refractivity contribution in [3.63, 3.8) is 0 Å². The lowest BCUT2D eigenvalue weighted by atomic mass is 10.0. The highest BCUT2D eigenvalue weighted by Crippen LogP contribution is 2.18. The Bertz CT molecular complexity index is 541. The Balaban J connectivity index is 2.29. The van der Waals surface area contributed by atoms with Crippen LogP contribution < -0.4 is 5.73 Å². The van der Waals surface area contributed by atoms with Crippen molar-refractivity contribution in [1.82, 2.24) is 9.78 Å². The second-order valence-corrected chi connectivity index (χ2v) is 4.44. The normalized spacial score (nSPS) is 10.6. The number of benzene rings is 1. The molecule has 1 aromatic heterocycles. The fraction of sp³-hybridized carbons (Fsp3) is 0.231. The predicted molar refractivity (Wildman–Crippen MR) is 70.9 cm³/mol. The summed E-state index contributed by atoms with van der Waals surface area (Å²) < 4.78 is 1.48. The molecule has 18 heavy (non-hydrogen) atoms. The lowest BCUT2D eigenvalue weighted by Gasteiger charge is -2.04. The Labute approximate surface area is 110 Å². The lowest BCUT2D eigenvalue weighted by Crippen LogP contribution is -2.09. The second-order valence-electron chi connectivity index (χ2n) is 4.03. The number of hydrogen-bond donors (Lipinski definition) is 1. The van der Waals surface area contributed by atoms with Crippen LogP contribution in [0.25, 0.3) is 0 Å². The summed E-state index contributed by atoms with van der Waals surface area (Å²) in [7, 11) is 1.70. The van der Waals surface area contributed by atoms with E-state index in [-0.39, 0.29) is 5.78 Å². The molecule has 0 amide bonds. The summed E-state index contributed by atoms with van der Waals surface area (Å²) in [6.07, 6.45) is 2.28. The maximum atomic E-state index is 12.2. The van der Waals surface area contributed by atoms with E-state index in [9.17, 15) is 4.79 Å². The van der Waals surface area contributed by atoms with Crippen LogP contribution in [0.2, 0.25) is 5.02 Å². The van der Waals surface area contributed by atoms with Crippen LogP contribution in [0.1, 0.15) is 21.6 Å². The van der Waals surface area contributed by atoms with Crippen LogP contribution in [-0.4, -0.2) is 22.1 Å². The van der Waals surface area contributed by atoms with Gasteiger partial charge in [0.2, 0.25) is 5.78 Å². The molecule has 2 N–H and O–H groups in total. The molecule has 0 fully saturated rings. The average molecular weight is 264 g/mol. The summed E-state index contributed by atoms with van der Waals surface area (Å²) in [4.78, 5) is 12.2. The quantitative estimate of drug-likeness (QED) is 0.856. The van der Waals surface area contributed by atoms with Gasteiger partial charge >= 0.3 is 0 Å². The molecular weight excluding hydrogens is 250 g/mol. The molecular formula is C13H14ClN3O. The van der Waals surface area contributed by atoms with Gasteiger partial charge in [-0.25, -0.2) is 0 Å². The van der Waals surface area contributed by atoms with Crippen molar-refractivity contribution in [2.75, 3.05) is 6.54 Å². The van der Waals surface area contributed by atoms with Crippen LogP contribution in [0.4, 0.5) is 0 Å². The number of halogens is 1. The van der Waals surface area contributed by atoms with Crippen LogP contribution in [0.15, 0.2) is 30.5 Å². The molecule has 0 saturated carbocycles. The standard InChI is InChI=1S/C13H14ClN3O/c1-17-12(11(14)8-16-17)13(18)10-4-2-9(3-5-10)6-7-15/h2-5,8H,6-7,15H2,1H3. The van der Waals surface area contributed by atoms with E-state index in [1.807, 2.05) is 12.1 Å². The molecule has 0 aliphatic heterocycles. The first-order valence-electron chi connectivity index (χ1n) is 5.64. The van der Waals surface area contributed by atoms with Crippen LogP contribution in [-0.2, 0) is 13.5 Å². The van der Waals surface area contributed by atoms with Gasteiger partial charge in [0.25, 0.3) is 0 Å². The number of aromatic nitrogens is 2. The molecule has 1 aromatic carbocycles. The zero-order valence-electron chi connectivity index (χ0n) is 10.1. The number of hydrogen-bond acceptors (Lipinski definition) is 3. The number of aryl methyl sites for hydroxylation is 1. The van der Waals surface area contributed by atoms with Crippen LogP contribution >= 0.6 is 11.6 Å². The van der Waals surface area contributed by atoms with Gasteiger partial charge in [-0.05, 0) is 18.5 Å². The minimum Gasteiger partial charge on any atom is -0.330 e. The van der Waals surface area contributed by atoms with Gasteiger partial charge in [0.05, 0.1) is 11.2 Å². The molecule has 94 valence electrons. The SMILES string of the molecule is Cn1ncc(Cl)c1C(=O)c1ccc(CCN)cc1. The van der Waals surface area contributed by atoms with Gasteiger partial charge in [0, 0.05) is 12.6 Å². The van der Waals surface area contributed by atoms with Gasteiger partial charge in [-0.1, -0.05) is 35.9 Å². The number of nitrogens with zero attached hydrogens (tertiary/aromatic N) is 2. The number of carbonyl (C=O) groups is 1. The minimum atomic E-state index is -0.126. The maximum Gasteiger partial charge on any atom is 0.212 e. The van der Waals surface area contributed by atoms with Gasteiger partial charge in [-0.2, -0.15) is 5.10 Å². The molecule has 0 spiro atoms. The van der Waals surface area contributed by atoms with E-state index < -0.39 is 0 Å². The molecule has 0 radical (unpaired) electrons. The van der Waals surface area contributed by atoms with Crippen molar-refractivity contribution in [2.45, 2.75) is 6.42 Å². The highest BCUT2D eigenvalue weighted by molar-refractivity contribution is 6.34. The van der Waals surface area contributed by atoms with Gasteiger partial charge in [-0.15, -0.1) is 0 Å². The molecule has 1 heterocycles. The van der Waals surface area contributed by atoms with Gasteiger partial charge < -0.3 is 5.73 Å². The minimum absolute atomic E-state index is 0.126. The maximum absolute atomic E-state index is 12.2. The number of carbonyl (C=O) groups excluding carboxylic acids is 1. The van der Waals surface area contributed by atoms with Crippen LogP contribution in [0, 0.1) is 0 Å². The monoisotopic (exact) mass is 263 g/mol. The predicted octanol–water partition coefficient (Wildman–Crippen LogP) is 1.81. The molecule has 0 unspecified atom stereocenters. The Kier molecular flexibility index (Phi) is 3.79. The highest BCUT2D eigenvalue weighted by Gasteiger charge is 2.17. The smallest absolute Gasteiger partial charge is 0.212 e. The van der Waals surface area contributed by atoms with Crippen molar-refractivity contribution < 1.29 is 4.79 Å². The third kappa shape index (κ3) is 2.44. The third-order valence-electron chi connectivity index (χ3n) is 2.76. The van der Waals surface area contributed by atoms with Crippen molar-refractivity contribution in [2.24, 2.45) is 12.8 Å². The average Bonchev–Trinajstić information content (AvgIpc) is 2.70. The number of rotatable bonds is 4. The van der Waals surface area contributed by atoms with E-state index in [0.29, 0.717) is 22.8 Å². The molecule has 2 aromatic rings. The number of nitrogens with two attached hydrogens (primary N) is 1. The molecule has 5 heteroatoms. The number of ketones is 1. The van der Waals surface area contributed by atoms with E-state index >= 15 is 0 Å². The zero-order valence-corrected chi connectivity index (χ0v) is 10.8. The first-order chi connectivity index (χ1) is 8.63. The second kappa shape index (κ2) is 5.33. The van der Waals surface area contributed by atoms with Gasteiger partial charge in [0.15, 0.2) is 0 Å². The van der Waals surface area contributed by atoms with E-state index in [4.69, 9.17) is 17.3 Å². The van der Waals surface area contributed by atoms with Crippen molar-refractivity contribution in [1.29, 1.82) is 0 Å². The van der Waals surface area contributed by atoms with Gasteiger partial charge in [0.1, 0.15) is 5.69 Å². The summed E-state index contributed by atoms with van der Waals surface area (Å²) in [6.45, 7) is 0.598. The topological polar surface area (TPSA) is 60.9 Å². The third-order valence-corrected chi connectivity index (χ3v) is 3.03. The summed E-state index contributed by atoms with van der Waals surface area (Å²) in [5.74, 6) is -0.126. The Morgan fingerprint density at radius 3 is 2.56 bits per heavy atom. The lowest BCUT2D eigenvalue weighted by molar-refractivity contribution is 0.103. The molecule has 0 saturated heterocycles. The van der Waals surface area contributed by atoms with Gasteiger partial charge in [-0.3, -0.25) is 9.48 Å². The highest BCUT2D eigenvalue weighted by atomic mass is 35.5. The summed E-state index contributed by atoms with van der Waals surface area (Å²) in [5, 5.41) is 4.33. The zero-order chi connectivity index (χ0) is 13.1. The summed E-state index contributed by atoms with van der Waals surface area (Å²) in [6, 6.07) is 7.39. The Hall–Kier alpha value is -1.65. The van der Waals surface area contributed by atoms with E-state index in [1.54, 1.807) is 19.2 Å². The Morgan fingerprint density at radius 1 is 1.39 bits per heavy atom. The van der Waals surface area contributed by atoms with Crippen LogP contribution in [0.5, 0.6) is 0 Å². The first-order valence-corrected chi connectivity index (χ1v) is 6.02. The van der Waals surface area contributed by atoms with Crippen LogP contribution in [0.3, 0.4) is 0 Å². The van der Waals surface area contributed by atoms with Crippen molar-refractivity contribution in [3.05, 3.63) is 52.3 Å². The first kappa shape index (κ1) is 12.8. The van der Waals surface area contributed by atoms with E-state index in [2.05, 4.69) is 5.10 Å². The Morgan fingerprint density at radius 2 is 2.06 bits per heavy atom.